The molecule has 0 saturated carbocycles. The lowest BCUT2D eigenvalue weighted by Crippen LogP contribution is -2.42. The number of hydrogen-bond donors (Lipinski definition) is 2. The van der Waals surface area contributed by atoms with Crippen molar-refractivity contribution in [3.8, 4) is 5.75 Å². The molecule has 0 aromatic heterocycles. The molecule has 0 aliphatic rings. The van der Waals surface area contributed by atoms with E-state index in [2.05, 4.69) is 39.9 Å². The largest absolute Gasteiger partial charge is 0.513 e. The molecule has 0 saturated heterocycles. The Morgan fingerprint density at radius 3 is 2.21 bits per heavy atom. The fraction of sp³-hybridized carbons (Fsp3) is 0.636. The lowest BCUT2D eigenvalue weighted by molar-refractivity contribution is -0.122. The molecule has 1 atom stereocenters. The van der Waals surface area contributed by atoms with E-state index in [4.69, 9.17) is 15.2 Å². The molecule has 0 spiro atoms. The Kier molecular flexibility index (Phi) is 10.6. The van der Waals surface area contributed by atoms with E-state index in [-0.39, 0.29) is 30.9 Å². The molecule has 1 aromatic carbocycles. The van der Waals surface area contributed by atoms with E-state index >= 15 is 0 Å². The number of carbonyl (C=O) groups is 2. The third-order valence-electron chi connectivity index (χ3n) is 4.58. The molecule has 0 aliphatic carbocycles. The normalized spacial score (nSPS) is 12.1. The fourth-order valence-corrected chi connectivity index (χ4v) is 2.90. The summed E-state index contributed by atoms with van der Waals surface area (Å²) in [7, 11) is 0. The zero-order valence-electron chi connectivity index (χ0n) is 17.9. The van der Waals surface area contributed by atoms with Gasteiger partial charge in [-0.2, -0.15) is 0 Å². The van der Waals surface area contributed by atoms with Crippen molar-refractivity contribution in [3.05, 3.63) is 29.3 Å². The average molecular weight is 393 g/mol. The summed E-state index contributed by atoms with van der Waals surface area (Å²) in [5.41, 5.74) is 7.78. The predicted molar refractivity (Wildman–Crippen MR) is 112 cm³/mol. The Morgan fingerprint density at radius 1 is 1.07 bits per heavy atom. The fourth-order valence-electron chi connectivity index (χ4n) is 2.90. The number of nitrogens with two attached hydrogens (primary N) is 1. The molecule has 0 bridgehead atoms. The van der Waals surface area contributed by atoms with Crippen molar-refractivity contribution in [2.24, 2.45) is 5.73 Å². The number of para-hydroxylation sites is 1. The first kappa shape index (κ1) is 24.0. The lowest BCUT2D eigenvalue weighted by Gasteiger charge is -2.18. The summed E-state index contributed by atoms with van der Waals surface area (Å²) in [5.74, 6) is 0.782. The highest BCUT2D eigenvalue weighted by atomic mass is 16.7. The van der Waals surface area contributed by atoms with Crippen LogP contribution in [0.1, 0.15) is 83.3 Å². The van der Waals surface area contributed by atoms with Crippen molar-refractivity contribution in [2.75, 3.05) is 13.2 Å². The van der Waals surface area contributed by atoms with Gasteiger partial charge in [-0.15, -0.1) is 0 Å². The maximum atomic E-state index is 12.1. The van der Waals surface area contributed by atoms with Gasteiger partial charge < -0.3 is 20.5 Å². The highest BCUT2D eigenvalue weighted by Gasteiger charge is 2.19. The van der Waals surface area contributed by atoms with Crippen molar-refractivity contribution < 1.29 is 19.1 Å². The standard InChI is InChI=1S/C22H36N2O4/c1-6-7-8-12-19(23)21(25)24-13-14-27-22(26)28-20-17(15(2)3)10-9-11-18(20)16(4)5/h9-11,15-16,19H,6-8,12-14,23H2,1-5H3,(H,24,25)/t19-/m0/s1. The molecule has 158 valence electrons. The minimum absolute atomic E-state index is 0.0348. The predicted octanol–water partition coefficient (Wildman–Crippen LogP) is 4.47. The van der Waals surface area contributed by atoms with Gasteiger partial charge in [-0.25, -0.2) is 4.79 Å². The van der Waals surface area contributed by atoms with E-state index in [1.54, 1.807) is 0 Å². The molecule has 28 heavy (non-hydrogen) atoms. The van der Waals surface area contributed by atoms with Gasteiger partial charge in [-0.3, -0.25) is 4.79 Å². The van der Waals surface area contributed by atoms with Crippen LogP contribution in [0.2, 0.25) is 0 Å². The van der Waals surface area contributed by atoms with E-state index in [0.29, 0.717) is 12.2 Å². The molecular formula is C22H36N2O4. The second kappa shape index (κ2) is 12.4. The van der Waals surface area contributed by atoms with E-state index in [1.807, 2.05) is 18.2 Å². The summed E-state index contributed by atoms with van der Waals surface area (Å²) in [6.07, 6.45) is 2.97. The average Bonchev–Trinajstić information content (AvgIpc) is 2.64. The molecule has 0 unspecified atom stereocenters. The van der Waals surface area contributed by atoms with Crippen molar-refractivity contribution >= 4 is 12.1 Å². The van der Waals surface area contributed by atoms with Crippen LogP contribution in [-0.4, -0.2) is 31.3 Å². The summed E-state index contributed by atoms with van der Waals surface area (Å²) in [4.78, 5) is 24.0. The zero-order chi connectivity index (χ0) is 21.1. The molecule has 0 aliphatic heterocycles. The topological polar surface area (TPSA) is 90.7 Å². The summed E-state index contributed by atoms with van der Waals surface area (Å²) >= 11 is 0. The SMILES string of the molecule is CCCCC[C@H](N)C(=O)NCCOC(=O)Oc1c(C(C)C)cccc1C(C)C. The second-order valence-corrected chi connectivity index (χ2v) is 7.67. The van der Waals surface area contributed by atoms with Crippen LogP contribution in [0.5, 0.6) is 5.75 Å². The Hall–Kier alpha value is -2.08. The maximum absolute atomic E-state index is 12.1. The molecule has 6 heteroatoms. The van der Waals surface area contributed by atoms with Gasteiger partial charge >= 0.3 is 6.16 Å². The minimum Gasteiger partial charge on any atom is -0.432 e. The van der Waals surface area contributed by atoms with Gasteiger partial charge in [0.15, 0.2) is 0 Å². The number of benzene rings is 1. The Morgan fingerprint density at radius 2 is 1.68 bits per heavy atom. The molecule has 6 nitrogen and oxygen atoms in total. The van der Waals surface area contributed by atoms with Gasteiger partial charge in [0.05, 0.1) is 12.6 Å². The van der Waals surface area contributed by atoms with E-state index in [0.717, 1.165) is 30.4 Å². The van der Waals surface area contributed by atoms with Gasteiger partial charge in [0.25, 0.3) is 0 Å². The smallest absolute Gasteiger partial charge is 0.432 e. The van der Waals surface area contributed by atoms with Crippen LogP contribution < -0.4 is 15.8 Å². The zero-order valence-corrected chi connectivity index (χ0v) is 17.9. The van der Waals surface area contributed by atoms with E-state index < -0.39 is 12.2 Å². The molecule has 0 fully saturated rings. The molecule has 1 amide bonds. The summed E-state index contributed by atoms with van der Waals surface area (Å²) in [5, 5.41) is 2.69. The van der Waals surface area contributed by atoms with Crippen LogP contribution in [-0.2, 0) is 9.53 Å². The quantitative estimate of drug-likeness (QED) is 0.329. The molecular weight excluding hydrogens is 356 g/mol. The number of carbonyl (C=O) groups excluding carboxylic acids is 2. The van der Waals surface area contributed by atoms with Crippen molar-refractivity contribution in [1.29, 1.82) is 0 Å². The highest BCUT2D eigenvalue weighted by molar-refractivity contribution is 5.81. The first-order chi connectivity index (χ1) is 13.3. The summed E-state index contributed by atoms with van der Waals surface area (Å²) in [6.45, 7) is 10.6. The first-order valence-electron chi connectivity index (χ1n) is 10.3. The van der Waals surface area contributed by atoms with Gasteiger partial charge in [-0.1, -0.05) is 72.1 Å². The number of rotatable bonds is 11. The third kappa shape index (κ3) is 7.89. The van der Waals surface area contributed by atoms with Crippen LogP contribution in [0.4, 0.5) is 4.79 Å². The number of ether oxygens (including phenoxy) is 2. The van der Waals surface area contributed by atoms with Gasteiger partial charge in [0.2, 0.25) is 5.91 Å². The third-order valence-corrected chi connectivity index (χ3v) is 4.58. The van der Waals surface area contributed by atoms with Crippen LogP contribution in [0.3, 0.4) is 0 Å². The number of nitrogens with one attached hydrogen (secondary N) is 1. The van der Waals surface area contributed by atoms with Gasteiger partial charge in [0, 0.05) is 0 Å². The Labute approximate surface area is 169 Å². The Bertz CT molecular complexity index is 603. The maximum Gasteiger partial charge on any atom is 0.513 e. The molecule has 0 radical (unpaired) electrons. The molecule has 1 rings (SSSR count). The minimum atomic E-state index is -0.767. The number of hydrogen-bond acceptors (Lipinski definition) is 5. The number of unbranched alkanes of at least 4 members (excludes halogenated alkanes) is 2. The number of amides is 1. The van der Waals surface area contributed by atoms with E-state index in [1.165, 1.54) is 0 Å². The van der Waals surface area contributed by atoms with Crippen LogP contribution in [0, 0.1) is 0 Å². The Balaban J connectivity index is 2.50. The van der Waals surface area contributed by atoms with Gasteiger partial charge in [0.1, 0.15) is 12.4 Å². The van der Waals surface area contributed by atoms with Crippen LogP contribution in [0.25, 0.3) is 0 Å². The second-order valence-electron chi connectivity index (χ2n) is 7.67. The first-order valence-corrected chi connectivity index (χ1v) is 10.3. The van der Waals surface area contributed by atoms with E-state index in [9.17, 15) is 9.59 Å². The molecule has 0 heterocycles. The van der Waals surface area contributed by atoms with Crippen LogP contribution in [0.15, 0.2) is 18.2 Å². The van der Waals surface area contributed by atoms with Crippen molar-refractivity contribution in [3.63, 3.8) is 0 Å². The van der Waals surface area contributed by atoms with Crippen molar-refractivity contribution in [1.82, 2.24) is 5.32 Å². The summed E-state index contributed by atoms with van der Waals surface area (Å²) < 4.78 is 10.6. The van der Waals surface area contributed by atoms with Gasteiger partial charge in [-0.05, 0) is 29.4 Å². The molecule has 1 aromatic rings. The lowest BCUT2D eigenvalue weighted by atomic mass is 9.94. The van der Waals surface area contributed by atoms with Crippen molar-refractivity contribution in [2.45, 2.75) is 78.2 Å². The molecule has 3 N–H and O–H groups in total. The highest BCUT2D eigenvalue weighted by Crippen LogP contribution is 2.34. The van der Waals surface area contributed by atoms with Crippen LogP contribution >= 0.6 is 0 Å². The monoisotopic (exact) mass is 392 g/mol. The summed E-state index contributed by atoms with van der Waals surface area (Å²) in [6, 6.07) is 5.37.